The molecule has 202 valence electrons. The molecule has 6 nitrogen and oxygen atoms in total. The predicted molar refractivity (Wildman–Crippen MR) is 140 cm³/mol. The summed E-state index contributed by atoms with van der Waals surface area (Å²) in [4.78, 5) is 0. The Morgan fingerprint density at radius 2 is 1.75 bits per heavy atom. The second kappa shape index (κ2) is 12.6. The van der Waals surface area contributed by atoms with E-state index in [2.05, 4.69) is 40.8 Å². The maximum atomic E-state index is 6.65. The number of rotatable bonds is 8. The van der Waals surface area contributed by atoms with E-state index in [1.54, 1.807) is 0 Å². The highest BCUT2D eigenvalue weighted by Crippen LogP contribution is 2.56. The number of ether oxygens (including phenoxy) is 6. The van der Waals surface area contributed by atoms with Crippen LogP contribution in [0.25, 0.3) is 0 Å². The molecule has 0 radical (unpaired) electrons. The molecule has 5 rings (SSSR count). The predicted octanol–water partition coefficient (Wildman–Crippen LogP) is 5.93. The molecule has 0 aromatic heterocycles. The Kier molecular flexibility index (Phi) is 9.49. The third-order valence-corrected chi connectivity index (χ3v) is 9.36. The first-order valence-electron chi connectivity index (χ1n) is 14.2. The summed E-state index contributed by atoms with van der Waals surface area (Å²) in [7, 11) is 0. The number of fused-ring (bicyclic) bond motifs is 1. The zero-order chi connectivity index (χ0) is 25.0. The molecule has 0 N–H and O–H groups in total. The van der Waals surface area contributed by atoms with Crippen molar-refractivity contribution in [3.63, 3.8) is 0 Å². The summed E-state index contributed by atoms with van der Waals surface area (Å²) in [6.45, 7) is 7.09. The topological polar surface area (TPSA) is 55.4 Å². The third-order valence-electron chi connectivity index (χ3n) is 8.64. The molecule has 0 aromatic rings. The van der Waals surface area contributed by atoms with E-state index in [1.807, 2.05) is 6.92 Å². The molecule has 5 aliphatic rings. The van der Waals surface area contributed by atoms with Crippen LogP contribution in [0, 0.1) is 35.5 Å². The molecule has 5 fully saturated rings. The molecule has 7 heteroatoms. The van der Waals surface area contributed by atoms with Gasteiger partial charge in [-0.3, -0.25) is 0 Å². The average Bonchev–Trinajstić information content (AvgIpc) is 3.58. The van der Waals surface area contributed by atoms with Crippen LogP contribution in [0.5, 0.6) is 0 Å². The molecule has 2 aliphatic carbocycles. The highest BCUT2D eigenvalue weighted by atomic mass is 79.9. The highest BCUT2D eigenvalue weighted by molar-refractivity contribution is 9.11. The van der Waals surface area contributed by atoms with Crippen molar-refractivity contribution >= 4 is 15.9 Å². The lowest BCUT2D eigenvalue weighted by atomic mass is 9.89. The third kappa shape index (κ3) is 6.39. The first-order chi connectivity index (χ1) is 17.6. The quantitative estimate of drug-likeness (QED) is 0.339. The van der Waals surface area contributed by atoms with E-state index in [4.69, 9.17) is 28.4 Å². The largest absolute Gasteiger partial charge is 0.353 e. The summed E-state index contributed by atoms with van der Waals surface area (Å²) in [5, 5.41) is 0. The molecule has 3 aliphatic heterocycles. The molecule has 0 aromatic carbocycles. The highest BCUT2D eigenvalue weighted by Gasteiger charge is 2.57. The van der Waals surface area contributed by atoms with Gasteiger partial charge in [0.1, 0.15) is 0 Å². The van der Waals surface area contributed by atoms with Crippen molar-refractivity contribution in [2.45, 2.75) is 109 Å². The maximum Gasteiger partial charge on any atom is 0.169 e. The molecular weight excluding hydrogens is 524 g/mol. The minimum absolute atomic E-state index is 0.0911. The Balaban J connectivity index is 1.36. The lowest BCUT2D eigenvalue weighted by Crippen LogP contribution is -2.35. The Bertz CT molecular complexity index is 802. The van der Waals surface area contributed by atoms with Crippen LogP contribution < -0.4 is 0 Å². The van der Waals surface area contributed by atoms with E-state index in [0.29, 0.717) is 25.0 Å². The van der Waals surface area contributed by atoms with Crippen LogP contribution in [-0.4, -0.2) is 57.0 Å². The van der Waals surface area contributed by atoms with Gasteiger partial charge in [-0.1, -0.05) is 28.9 Å². The van der Waals surface area contributed by atoms with E-state index < -0.39 is 5.79 Å². The fourth-order valence-electron chi connectivity index (χ4n) is 6.82. The minimum Gasteiger partial charge on any atom is -0.353 e. The number of halogens is 1. The summed E-state index contributed by atoms with van der Waals surface area (Å²) >= 11 is 3.98. The van der Waals surface area contributed by atoms with E-state index in [0.717, 1.165) is 75.5 Å². The maximum absolute atomic E-state index is 6.65. The van der Waals surface area contributed by atoms with Gasteiger partial charge in [0.25, 0.3) is 0 Å². The second-order valence-corrected chi connectivity index (χ2v) is 12.2. The summed E-state index contributed by atoms with van der Waals surface area (Å²) in [5.74, 6) is 7.39. The fourth-order valence-corrected chi connectivity index (χ4v) is 7.69. The standard InChI is InChI=1S/C29H43BrO6/c1-3-4-9-20(2)28(36-27-11-6-8-13-32-27)24(30)17-22-23-19-29(33-14-15-34-29)18-21(23)16-25(22)35-26-10-5-7-12-31-26/h17,20-23,25-28H,5-16,18-19H2,1-2H3/t20?,21-,22-,23+,25-,26?,27?,28+/m1/s1. The summed E-state index contributed by atoms with van der Waals surface area (Å²) in [6, 6.07) is 0. The molecule has 3 saturated heterocycles. The molecular formula is C29H43BrO6. The van der Waals surface area contributed by atoms with Gasteiger partial charge < -0.3 is 28.4 Å². The molecule has 3 heterocycles. The van der Waals surface area contributed by atoms with Gasteiger partial charge in [0, 0.05) is 42.9 Å². The van der Waals surface area contributed by atoms with E-state index >= 15 is 0 Å². The van der Waals surface area contributed by atoms with Crippen LogP contribution in [0.3, 0.4) is 0 Å². The van der Waals surface area contributed by atoms with Crippen LogP contribution in [-0.2, 0) is 28.4 Å². The van der Waals surface area contributed by atoms with Gasteiger partial charge in [0.2, 0.25) is 0 Å². The van der Waals surface area contributed by atoms with E-state index in [-0.39, 0.29) is 36.6 Å². The molecule has 0 bridgehead atoms. The summed E-state index contributed by atoms with van der Waals surface area (Å²) in [6.07, 6.45) is 12.3. The van der Waals surface area contributed by atoms with Crippen LogP contribution in [0.1, 0.15) is 78.1 Å². The van der Waals surface area contributed by atoms with Crippen LogP contribution in [0.4, 0.5) is 0 Å². The van der Waals surface area contributed by atoms with Gasteiger partial charge >= 0.3 is 0 Å². The minimum atomic E-state index is -0.393. The van der Waals surface area contributed by atoms with E-state index in [9.17, 15) is 0 Å². The number of hydrogen-bond donors (Lipinski definition) is 0. The molecule has 0 amide bonds. The lowest BCUT2D eigenvalue weighted by molar-refractivity contribution is -0.198. The van der Waals surface area contributed by atoms with E-state index in [1.165, 1.54) is 6.42 Å². The SMILES string of the molecule is CC#CCC(C)[C@H](OC1CCCCO1)C(Br)=C[C@@H]1[C@H]2CC3(C[C@H]2C[C@H]1OC1CCCCO1)OCCO3. The molecule has 36 heavy (non-hydrogen) atoms. The molecule has 2 saturated carbocycles. The van der Waals surface area contributed by atoms with Crippen molar-refractivity contribution < 1.29 is 28.4 Å². The summed E-state index contributed by atoms with van der Waals surface area (Å²) < 4.78 is 38.5. The van der Waals surface area contributed by atoms with Crippen LogP contribution >= 0.6 is 15.9 Å². The Morgan fingerprint density at radius 1 is 1.03 bits per heavy atom. The van der Waals surface area contributed by atoms with Crippen molar-refractivity contribution in [3.05, 3.63) is 10.6 Å². The zero-order valence-electron chi connectivity index (χ0n) is 21.9. The first-order valence-corrected chi connectivity index (χ1v) is 14.9. The smallest absolute Gasteiger partial charge is 0.169 e. The molecule has 1 spiro atoms. The van der Waals surface area contributed by atoms with Crippen molar-refractivity contribution in [2.24, 2.45) is 23.7 Å². The fraction of sp³-hybridized carbons (Fsp3) is 0.862. The average molecular weight is 568 g/mol. The van der Waals surface area contributed by atoms with Gasteiger partial charge in [-0.05, 0) is 69.6 Å². The Morgan fingerprint density at radius 3 is 2.42 bits per heavy atom. The van der Waals surface area contributed by atoms with Crippen molar-refractivity contribution in [1.82, 2.24) is 0 Å². The van der Waals surface area contributed by atoms with Crippen molar-refractivity contribution in [3.8, 4) is 11.8 Å². The Labute approximate surface area is 225 Å². The normalized spacial score (nSPS) is 37.9. The zero-order valence-corrected chi connectivity index (χ0v) is 23.5. The van der Waals surface area contributed by atoms with Crippen LogP contribution in [0.15, 0.2) is 10.6 Å². The Hall–Kier alpha value is -0.460. The summed E-state index contributed by atoms with van der Waals surface area (Å²) in [5.41, 5.74) is 0. The van der Waals surface area contributed by atoms with Gasteiger partial charge in [-0.25, -0.2) is 0 Å². The molecule has 8 atom stereocenters. The number of hydrogen-bond acceptors (Lipinski definition) is 6. The van der Waals surface area contributed by atoms with Gasteiger partial charge in [-0.15, -0.1) is 11.8 Å². The van der Waals surface area contributed by atoms with Crippen molar-refractivity contribution in [1.29, 1.82) is 0 Å². The molecule has 3 unspecified atom stereocenters. The lowest BCUT2D eigenvalue weighted by Gasteiger charge is -2.33. The van der Waals surface area contributed by atoms with Crippen LogP contribution in [0.2, 0.25) is 0 Å². The van der Waals surface area contributed by atoms with Gasteiger partial charge in [0.15, 0.2) is 18.4 Å². The van der Waals surface area contributed by atoms with Gasteiger partial charge in [0.05, 0.1) is 25.4 Å². The second-order valence-electron chi connectivity index (χ2n) is 11.2. The first kappa shape index (κ1) is 27.1. The van der Waals surface area contributed by atoms with Crippen molar-refractivity contribution in [2.75, 3.05) is 26.4 Å². The monoisotopic (exact) mass is 566 g/mol. The van der Waals surface area contributed by atoms with Gasteiger partial charge in [-0.2, -0.15) is 0 Å².